The van der Waals surface area contributed by atoms with Crippen molar-refractivity contribution in [3.8, 4) is 0 Å². The molecule has 1 aromatic rings. The van der Waals surface area contributed by atoms with E-state index in [4.69, 9.17) is 0 Å². The molecular formula is C11H16N2OS. The highest BCUT2D eigenvalue weighted by atomic mass is 32.2. The van der Waals surface area contributed by atoms with Gasteiger partial charge < -0.3 is 4.79 Å². The number of carbonyl (C=O) groups is 1. The van der Waals surface area contributed by atoms with Crippen molar-refractivity contribution in [1.82, 2.24) is 9.97 Å². The lowest BCUT2D eigenvalue weighted by atomic mass is 10.2. The van der Waals surface area contributed by atoms with Crippen molar-refractivity contribution in [3.63, 3.8) is 0 Å². The van der Waals surface area contributed by atoms with Gasteiger partial charge in [-0.1, -0.05) is 11.8 Å². The number of unbranched alkanes of at least 4 members (excludes halogenated alkanes) is 1. The molecule has 0 aliphatic carbocycles. The van der Waals surface area contributed by atoms with E-state index in [-0.39, 0.29) is 5.78 Å². The molecule has 0 aromatic carbocycles. The zero-order chi connectivity index (χ0) is 11.1. The van der Waals surface area contributed by atoms with Gasteiger partial charge in [-0.3, -0.25) is 0 Å². The second-order valence-electron chi connectivity index (χ2n) is 3.55. The number of hydrogen-bond donors (Lipinski definition) is 0. The van der Waals surface area contributed by atoms with Crippen molar-refractivity contribution in [2.45, 2.75) is 38.3 Å². The normalized spacial score (nSPS) is 10.3. The van der Waals surface area contributed by atoms with Gasteiger partial charge in [0.05, 0.1) is 0 Å². The van der Waals surface area contributed by atoms with Gasteiger partial charge in [-0.15, -0.1) is 0 Å². The minimum Gasteiger partial charge on any atom is -0.300 e. The lowest BCUT2D eigenvalue weighted by molar-refractivity contribution is -0.117. The molecule has 4 heteroatoms. The van der Waals surface area contributed by atoms with Gasteiger partial charge in [0.25, 0.3) is 0 Å². The number of Topliss-reactive ketones (excluding diaryl/α,β-unsaturated/α-hetero) is 1. The Morgan fingerprint density at radius 1 is 1.33 bits per heavy atom. The first-order chi connectivity index (χ1) is 7.18. The van der Waals surface area contributed by atoms with Crippen LogP contribution in [0, 0.1) is 6.92 Å². The predicted octanol–water partition coefficient (Wildman–Crippen LogP) is 2.64. The van der Waals surface area contributed by atoms with Crippen LogP contribution in [-0.2, 0) is 4.79 Å². The molecule has 3 nitrogen and oxygen atoms in total. The Balaban J connectivity index is 2.15. The molecule has 0 N–H and O–H groups in total. The first kappa shape index (κ1) is 12.2. The lowest BCUT2D eigenvalue weighted by Gasteiger charge is -1.99. The van der Waals surface area contributed by atoms with Gasteiger partial charge in [0.1, 0.15) is 5.78 Å². The Kier molecular flexibility index (Phi) is 5.32. The smallest absolute Gasteiger partial charge is 0.187 e. The van der Waals surface area contributed by atoms with Gasteiger partial charge in [0, 0.05) is 24.6 Å². The van der Waals surface area contributed by atoms with Gasteiger partial charge in [-0.05, 0) is 32.3 Å². The fourth-order valence-corrected chi connectivity index (χ4v) is 1.88. The summed E-state index contributed by atoms with van der Waals surface area (Å²) in [6.07, 6.45) is 6.35. The fourth-order valence-electron chi connectivity index (χ4n) is 1.09. The van der Waals surface area contributed by atoms with E-state index in [0.717, 1.165) is 29.3 Å². The fraction of sp³-hybridized carbons (Fsp3) is 0.545. The van der Waals surface area contributed by atoms with Crippen LogP contribution in [0.4, 0.5) is 0 Å². The van der Waals surface area contributed by atoms with E-state index in [9.17, 15) is 4.79 Å². The van der Waals surface area contributed by atoms with Crippen LogP contribution >= 0.6 is 11.8 Å². The van der Waals surface area contributed by atoms with Crippen LogP contribution in [-0.4, -0.2) is 21.5 Å². The molecular weight excluding hydrogens is 208 g/mol. The van der Waals surface area contributed by atoms with Gasteiger partial charge in [-0.25, -0.2) is 9.97 Å². The Hall–Kier alpha value is -0.900. The summed E-state index contributed by atoms with van der Waals surface area (Å²) in [7, 11) is 0. The number of aromatic nitrogens is 2. The summed E-state index contributed by atoms with van der Waals surface area (Å²) in [4.78, 5) is 19.1. The molecule has 0 aliphatic rings. The Morgan fingerprint density at radius 2 is 2.00 bits per heavy atom. The quantitative estimate of drug-likeness (QED) is 0.423. The number of carbonyl (C=O) groups excluding carboxylic acids is 1. The van der Waals surface area contributed by atoms with Crippen molar-refractivity contribution in [2.75, 3.05) is 5.75 Å². The number of ketones is 1. The second kappa shape index (κ2) is 6.56. The Morgan fingerprint density at radius 3 is 2.60 bits per heavy atom. The van der Waals surface area contributed by atoms with E-state index in [1.54, 1.807) is 18.7 Å². The third kappa shape index (κ3) is 5.52. The summed E-state index contributed by atoms with van der Waals surface area (Å²) in [5, 5.41) is 0.823. The summed E-state index contributed by atoms with van der Waals surface area (Å²) < 4.78 is 0. The van der Waals surface area contributed by atoms with Crippen LogP contribution in [0.15, 0.2) is 17.6 Å². The first-order valence-electron chi connectivity index (χ1n) is 5.09. The first-order valence-corrected chi connectivity index (χ1v) is 6.08. The van der Waals surface area contributed by atoms with Crippen molar-refractivity contribution in [2.24, 2.45) is 0 Å². The van der Waals surface area contributed by atoms with E-state index >= 15 is 0 Å². The third-order valence-electron chi connectivity index (χ3n) is 1.91. The Bertz CT molecular complexity index is 311. The molecule has 0 radical (unpaired) electrons. The van der Waals surface area contributed by atoms with Crippen molar-refractivity contribution < 1.29 is 4.79 Å². The van der Waals surface area contributed by atoms with Crippen molar-refractivity contribution >= 4 is 17.5 Å². The molecule has 0 spiro atoms. The van der Waals surface area contributed by atoms with Crippen LogP contribution in [0.2, 0.25) is 0 Å². The number of rotatable bonds is 6. The number of nitrogens with zero attached hydrogens (tertiary/aromatic N) is 2. The molecule has 15 heavy (non-hydrogen) atoms. The molecule has 0 aliphatic heterocycles. The average molecular weight is 224 g/mol. The maximum absolute atomic E-state index is 10.7. The monoisotopic (exact) mass is 224 g/mol. The van der Waals surface area contributed by atoms with Crippen molar-refractivity contribution in [1.29, 1.82) is 0 Å². The highest BCUT2D eigenvalue weighted by molar-refractivity contribution is 7.99. The number of thioether (sulfide) groups is 1. The van der Waals surface area contributed by atoms with E-state index < -0.39 is 0 Å². The molecule has 0 unspecified atom stereocenters. The molecule has 1 aromatic heterocycles. The summed E-state index contributed by atoms with van der Waals surface area (Å²) in [6.45, 7) is 3.61. The predicted molar refractivity (Wildman–Crippen MR) is 62.0 cm³/mol. The standard InChI is InChI=1S/C11H16N2OS/c1-9-7-12-11(13-8-9)15-6-4-3-5-10(2)14/h7-8H,3-6H2,1-2H3. The summed E-state index contributed by atoms with van der Waals surface area (Å²) >= 11 is 1.65. The summed E-state index contributed by atoms with van der Waals surface area (Å²) in [5.74, 6) is 1.25. The molecule has 0 bridgehead atoms. The summed E-state index contributed by atoms with van der Waals surface area (Å²) in [5.41, 5.74) is 1.08. The lowest BCUT2D eigenvalue weighted by Crippen LogP contribution is -1.92. The van der Waals surface area contributed by atoms with Gasteiger partial charge >= 0.3 is 0 Å². The largest absolute Gasteiger partial charge is 0.300 e. The number of hydrogen-bond acceptors (Lipinski definition) is 4. The molecule has 82 valence electrons. The van der Waals surface area contributed by atoms with E-state index in [1.165, 1.54) is 0 Å². The topological polar surface area (TPSA) is 42.9 Å². The van der Waals surface area contributed by atoms with Crippen LogP contribution in [0.25, 0.3) is 0 Å². The molecule has 0 saturated carbocycles. The maximum Gasteiger partial charge on any atom is 0.187 e. The third-order valence-corrected chi connectivity index (χ3v) is 2.87. The summed E-state index contributed by atoms with van der Waals surface area (Å²) in [6, 6.07) is 0. The molecule has 0 fully saturated rings. The molecule has 0 amide bonds. The van der Waals surface area contributed by atoms with Gasteiger partial charge in [0.15, 0.2) is 5.16 Å². The van der Waals surface area contributed by atoms with Crippen LogP contribution in [0.3, 0.4) is 0 Å². The van der Waals surface area contributed by atoms with Gasteiger partial charge in [0.2, 0.25) is 0 Å². The van der Waals surface area contributed by atoms with E-state index in [0.29, 0.717) is 6.42 Å². The molecule has 1 rings (SSSR count). The number of aryl methyl sites for hydroxylation is 1. The zero-order valence-corrected chi connectivity index (χ0v) is 10.0. The molecule has 1 heterocycles. The van der Waals surface area contributed by atoms with Gasteiger partial charge in [-0.2, -0.15) is 0 Å². The second-order valence-corrected chi connectivity index (χ2v) is 4.61. The molecule has 0 saturated heterocycles. The van der Waals surface area contributed by atoms with Crippen LogP contribution in [0.1, 0.15) is 31.7 Å². The van der Waals surface area contributed by atoms with E-state index in [2.05, 4.69) is 9.97 Å². The zero-order valence-electron chi connectivity index (χ0n) is 9.19. The minimum absolute atomic E-state index is 0.270. The Labute approximate surface area is 94.7 Å². The maximum atomic E-state index is 10.7. The highest BCUT2D eigenvalue weighted by Crippen LogP contribution is 2.14. The van der Waals surface area contributed by atoms with E-state index in [1.807, 2.05) is 19.3 Å². The highest BCUT2D eigenvalue weighted by Gasteiger charge is 1.98. The average Bonchev–Trinajstić information content (AvgIpc) is 2.20. The van der Waals surface area contributed by atoms with Crippen LogP contribution < -0.4 is 0 Å². The van der Waals surface area contributed by atoms with Crippen LogP contribution in [0.5, 0.6) is 0 Å². The SMILES string of the molecule is CC(=O)CCCCSc1ncc(C)cn1. The minimum atomic E-state index is 0.270. The molecule has 0 atom stereocenters. The van der Waals surface area contributed by atoms with Crippen molar-refractivity contribution in [3.05, 3.63) is 18.0 Å².